The maximum absolute atomic E-state index is 12.3. The molecule has 0 aliphatic rings. The Labute approximate surface area is 156 Å². The molecule has 132 valence electrons. The van der Waals surface area contributed by atoms with Crippen LogP contribution in [0.3, 0.4) is 0 Å². The van der Waals surface area contributed by atoms with E-state index >= 15 is 0 Å². The van der Waals surface area contributed by atoms with Crippen LogP contribution in [0.1, 0.15) is 12.5 Å². The van der Waals surface area contributed by atoms with Gasteiger partial charge >= 0.3 is 0 Å². The van der Waals surface area contributed by atoms with Gasteiger partial charge in [0, 0.05) is 24.1 Å². The minimum Gasteiger partial charge on any atom is -0.496 e. The van der Waals surface area contributed by atoms with Crippen LogP contribution in [0, 0.1) is 0 Å². The Morgan fingerprint density at radius 2 is 1.88 bits per heavy atom. The predicted molar refractivity (Wildman–Crippen MR) is 99.2 cm³/mol. The molecule has 0 aromatic heterocycles. The number of nitrogens with one attached hydrogen (secondary N) is 1. The van der Waals surface area contributed by atoms with Crippen LogP contribution >= 0.6 is 23.2 Å². The molecule has 5 nitrogen and oxygen atoms in total. The third-order valence-electron chi connectivity index (χ3n) is 3.54. The van der Waals surface area contributed by atoms with Crippen LogP contribution in [-0.4, -0.2) is 30.4 Å². The Hall–Kier alpha value is -2.24. The molecule has 1 N–H and O–H groups in total. The first kappa shape index (κ1) is 19.1. The monoisotopic (exact) mass is 380 g/mol. The molecule has 2 aromatic rings. The molecule has 0 aliphatic carbocycles. The van der Waals surface area contributed by atoms with Crippen LogP contribution in [0.2, 0.25) is 10.0 Å². The van der Waals surface area contributed by atoms with Crippen LogP contribution in [-0.2, 0) is 16.1 Å². The number of rotatable bonds is 6. The van der Waals surface area contributed by atoms with E-state index < -0.39 is 0 Å². The van der Waals surface area contributed by atoms with Crippen molar-refractivity contribution in [2.75, 3.05) is 19.0 Å². The third kappa shape index (κ3) is 5.37. The van der Waals surface area contributed by atoms with E-state index in [9.17, 15) is 9.59 Å². The van der Waals surface area contributed by atoms with E-state index in [1.165, 1.54) is 11.8 Å². The SMILES string of the molecule is COc1ccccc1CN(CC(=O)Nc1cc(Cl)ccc1Cl)C(C)=O. The average molecular weight is 381 g/mol. The maximum atomic E-state index is 12.3. The fraction of sp³-hybridized carbons (Fsp3) is 0.222. The number of hydrogen-bond acceptors (Lipinski definition) is 3. The number of carbonyl (C=O) groups excluding carboxylic acids is 2. The van der Waals surface area contributed by atoms with Crippen molar-refractivity contribution in [2.24, 2.45) is 0 Å². The lowest BCUT2D eigenvalue weighted by molar-refractivity contribution is -0.133. The summed E-state index contributed by atoms with van der Waals surface area (Å²) in [6.45, 7) is 1.56. The fourth-order valence-electron chi connectivity index (χ4n) is 2.27. The highest BCUT2D eigenvalue weighted by Crippen LogP contribution is 2.25. The number of anilines is 1. The highest BCUT2D eigenvalue weighted by Gasteiger charge is 2.17. The Morgan fingerprint density at radius 1 is 1.16 bits per heavy atom. The largest absolute Gasteiger partial charge is 0.496 e. The zero-order valence-corrected chi connectivity index (χ0v) is 15.4. The maximum Gasteiger partial charge on any atom is 0.244 e. The summed E-state index contributed by atoms with van der Waals surface area (Å²) in [5, 5.41) is 3.50. The Kier molecular flexibility index (Phi) is 6.67. The van der Waals surface area contributed by atoms with Gasteiger partial charge in [0.2, 0.25) is 11.8 Å². The zero-order chi connectivity index (χ0) is 18.4. The van der Waals surface area contributed by atoms with Gasteiger partial charge in [-0.1, -0.05) is 41.4 Å². The van der Waals surface area contributed by atoms with Gasteiger partial charge in [-0.15, -0.1) is 0 Å². The second-order valence-corrected chi connectivity index (χ2v) is 6.20. The summed E-state index contributed by atoms with van der Waals surface area (Å²) in [6.07, 6.45) is 0. The van der Waals surface area contributed by atoms with Crippen LogP contribution in [0.25, 0.3) is 0 Å². The number of benzene rings is 2. The normalized spacial score (nSPS) is 10.2. The van der Waals surface area contributed by atoms with Crippen LogP contribution in [0.5, 0.6) is 5.75 Å². The summed E-state index contributed by atoms with van der Waals surface area (Å²) >= 11 is 11.9. The van der Waals surface area contributed by atoms with E-state index in [2.05, 4.69) is 5.32 Å². The smallest absolute Gasteiger partial charge is 0.244 e. The fourth-order valence-corrected chi connectivity index (χ4v) is 2.61. The Balaban J connectivity index is 2.09. The first-order chi connectivity index (χ1) is 11.9. The number of halogens is 2. The topological polar surface area (TPSA) is 58.6 Å². The Morgan fingerprint density at radius 3 is 2.56 bits per heavy atom. The lowest BCUT2D eigenvalue weighted by Crippen LogP contribution is -2.36. The summed E-state index contributed by atoms with van der Waals surface area (Å²) in [5.41, 5.74) is 1.22. The third-order valence-corrected chi connectivity index (χ3v) is 4.10. The van der Waals surface area contributed by atoms with Gasteiger partial charge < -0.3 is 15.0 Å². The standard InChI is InChI=1S/C18H18Cl2N2O3/c1-12(23)22(10-13-5-3-4-6-17(13)25-2)11-18(24)21-16-9-14(19)7-8-15(16)20/h3-9H,10-11H2,1-2H3,(H,21,24). The summed E-state index contributed by atoms with van der Waals surface area (Å²) in [5.74, 6) is 0.0690. The summed E-state index contributed by atoms with van der Waals surface area (Å²) < 4.78 is 5.28. The first-order valence-corrected chi connectivity index (χ1v) is 8.28. The number of amides is 2. The Bertz CT molecular complexity index is 781. The van der Waals surface area contributed by atoms with Gasteiger partial charge in [-0.25, -0.2) is 0 Å². The lowest BCUT2D eigenvalue weighted by Gasteiger charge is -2.22. The zero-order valence-electron chi connectivity index (χ0n) is 13.9. The van der Waals surface area contributed by atoms with E-state index in [0.717, 1.165) is 5.56 Å². The number of hydrogen-bond donors (Lipinski definition) is 1. The van der Waals surface area contributed by atoms with E-state index in [4.69, 9.17) is 27.9 Å². The number of methoxy groups -OCH3 is 1. The van der Waals surface area contributed by atoms with E-state index in [0.29, 0.717) is 21.5 Å². The van der Waals surface area contributed by atoms with Crippen molar-refractivity contribution in [2.45, 2.75) is 13.5 Å². The molecular weight excluding hydrogens is 363 g/mol. The van der Waals surface area contributed by atoms with Gasteiger partial charge in [0.25, 0.3) is 0 Å². The van der Waals surface area contributed by atoms with Gasteiger partial charge in [0.15, 0.2) is 0 Å². The number of carbonyl (C=O) groups is 2. The number of para-hydroxylation sites is 1. The quantitative estimate of drug-likeness (QED) is 0.823. The molecule has 25 heavy (non-hydrogen) atoms. The second kappa shape index (κ2) is 8.74. The van der Waals surface area contributed by atoms with E-state index in [-0.39, 0.29) is 24.9 Å². The number of nitrogens with zero attached hydrogens (tertiary/aromatic N) is 1. The van der Waals surface area contributed by atoms with Crippen molar-refractivity contribution in [3.05, 3.63) is 58.1 Å². The van der Waals surface area contributed by atoms with Crippen molar-refractivity contribution in [1.29, 1.82) is 0 Å². The number of ether oxygens (including phenoxy) is 1. The molecule has 0 atom stereocenters. The summed E-state index contributed by atoms with van der Waals surface area (Å²) in [7, 11) is 1.56. The molecule has 0 saturated carbocycles. The van der Waals surface area contributed by atoms with Gasteiger partial charge in [-0.3, -0.25) is 9.59 Å². The van der Waals surface area contributed by atoms with Crippen molar-refractivity contribution in [3.63, 3.8) is 0 Å². The molecular formula is C18H18Cl2N2O3. The summed E-state index contributed by atoms with van der Waals surface area (Å²) in [6, 6.07) is 12.1. The van der Waals surface area contributed by atoms with Gasteiger partial charge in [0.05, 0.1) is 17.8 Å². The predicted octanol–water partition coefficient (Wildman–Crippen LogP) is 3.99. The minimum absolute atomic E-state index is 0.115. The van der Waals surface area contributed by atoms with Crippen LogP contribution in [0.4, 0.5) is 5.69 Å². The average Bonchev–Trinajstić information content (AvgIpc) is 2.58. The van der Waals surface area contributed by atoms with Crippen molar-refractivity contribution < 1.29 is 14.3 Å². The second-order valence-electron chi connectivity index (χ2n) is 5.36. The molecule has 2 rings (SSSR count). The highest BCUT2D eigenvalue weighted by molar-refractivity contribution is 6.35. The van der Waals surface area contributed by atoms with Crippen molar-refractivity contribution in [1.82, 2.24) is 4.90 Å². The molecule has 0 aliphatic heterocycles. The molecule has 0 saturated heterocycles. The van der Waals surface area contributed by atoms with Gasteiger partial charge in [0.1, 0.15) is 12.3 Å². The molecule has 0 fully saturated rings. The molecule has 0 heterocycles. The molecule has 2 aromatic carbocycles. The summed E-state index contributed by atoms with van der Waals surface area (Å²) in [4.78, 5) is 25.6. The first-order valence-electron chi connectivity index (χ1n) is 7.53. The molecule has 0 spiro atoms. The van der Waals surface area contributed by atoms with Gasteiger partial charge in [-0.2, -0.15) is 0 Å². The van der Waals surface area contributed by atoms with Gasteiger partial charge in [-0.05, 0) is 24.3 Å². The molecule has 0 bridgehead atoms. The molecule has 2 amide bonds. The van der Waals surface area contributed by atoms with Crippen molar-refractivity contribution >= 4 is 40.7 Å². The molecule has 7 heteroatoms. The molecule has 0 radical (unpaired) electrons. The minimum atomic E-state index is -0.366. The van der Waals surface area contributed by atoms with E-state index in [1.807, 2.05) is 18.2 Å². The lowest BCUT2D eigenvalue weighted by atomic mass is 10.2. The van der Waals surface area contributed by atoms with Crippen molar-refractivity contribution in [3.8, 4) is 5.75 Å². The molecule has 0 unspecified atom stereocenters. The van der Waals surface area contributed by atoms with Crippen LogP contribution in [0.15, 0.2) is 42.5 Å². The van der Waals surface area contributed by atoms with Crippen LogP contribution < -0.4 is 10.1 Å². The highest BCUT2D eigenvalue weighted by atomic mass is 35.5. The van der Waals surface area contributed by atoms with E-state index in [1.54, 1.807) is 31.4 Å².